The molecule has 2 aromatic rings. The summed E-state index contributed by atoms with van der Waals surface area (Å²) in [6.07, 6.45) is 3.15. The van der Waals surface area contributed by atoms with Gasteiger partial charge in [-0.1, -0.05) is 53.6 Å². The van der Waals surface area contributed by atoms with E-state index in [4.69, 9.17) is 0 Å². The molecule has 0 saturated heterocycles. The number of methoxy groups -OCH3 is 1. The van der Waals surface area contributed by atoms with E-state index >= 15 is 0 Å². The monoisotopic (exact) mass is 348 g/mol. The number of esters is 1. The van der Waals surface area contributed by atoms with Gasteiger partial charge in [-0.3, -0.25) is 0 Å². The van der Waals surface area contributed by atoms with Crippen molar-refractivity contribution in [2.24, 2.45) is 10.2 Å². The van der Waals surface area contributed by atoms with Gasteiger partial charge in [-0.05, 0) is 44.9 Å². The second kappa shape index (κ2) is 8.90. The van der Waals surface area contributed by atoms with E-state index in [1.165, 1.54) is 18.7 Å². The molecular weight excluding hydrogens is 324 g/mol. The molecule has 0 spiro atoms. The molecular formula is C22H24N2O2. The molecule has 0 N–H and O–H groups in total. The van der Waals surface area contributed by atoms with Crippen LogP contribution in [-0.2, 0) is 9.53 Å². The zero-order chi connectivity index (χ0) is 19.1. The fraction of sp³-hybridized carbons (Fsp3) is 0.227. The highest BCUT2D eigenvalue weighted by Crippen LogP contribution is 2.16. The van der Waals surface area contributed by atoms with E-state index < -0.39 is 0 Å². The first-order chi connectivity index (χ1) is 12.4. The van der Waals surface area contributed by atoms with Crippen LogP contribution < -0.4 is 0 Å². The van der Waals surface area contributed by atoms with Crippen molar-refractivity contribution in [1.29, 1.82) is 0 Å². The highest BCUT2D eigenvalue weighted by atomic mass is 16.5. The van der Waals surface area contributed by atoms with E-state index in [-0.39, 0.29) is 5.97 Å². The molecule has 26 heavy (non-hydrogen) atoms. The standard InChI is InChI=1S/C22H24N2O2/c1-15-6-9-19(10-7-15)17(3)23-24-18(4)21-12-8-16(2)14-20(21)11-13-22(25)26-5/h6-14H,1-5H3/b13-11+,23-17+,24-18+. The smallest absolute Gasteiger partial charge is 0.330 e. The first-order valence-corrected chi connectivity index (χ1v) is 8.43. The molecule has 2 aromatic carbocycles. The summed E-state index contributed by atoms with van der Waals surface area (Å²) >= 11 is 0. The summed E-state index contributed by atoms with van der Waals surface area (Å²) in [5.41, 5.74) is 6.82. The number of carbonyl (C=O) groups is 1. The lowest BCUT2D eigenvalue weighted by Gasteiger charge is -2.07. The van der Waals surface area contributed by atoms with Gasteiger partial charge >= 0.3 is 5.97 Å². The van der Waals surface area contributed by atoms with Crippen LogP contribution >= 0.6 is 0 Å². The number of aryl methyl sites for hydroxylation is 2. The van der Waals surface area contributed by atoms with Crippen LogP contribution in [0.1, 0.15) is 41.7 Å². The Morgan fingerprint density at radius 3 is 2.19 bits per heavy atom. The SMILES string of the molecule is COC(=O)/C=C/c1cc(C)ccc1/C(C)=N/N=C(\C)c1ccc(C)cc1. The van der Waals surface area contributed by atoms with Gasteiger partial charge in [0.05, 0.1) is 18.5 Å². The Balaban J connectivity index is 2.33. The quantitative estimate of drug-likeness (QED) is 0.340. The number of benzene rings is 2. The Bertz CT molecular complexity index is 876. The minimum atomic E-state index is -0.389. The summed E-state index contributed by atoms with van der Waals surface area (Å²) in [4.78, 5) is 11.4. The Hall–Kier alpha value is -3.01. The Kier molecular flexibility index (Phi) is 6.61. The average molecular weight is 348 g/mol. The first kappa shape index (κ1) is 19.3. The number of carbonyl (C=O) groups excluding carboxylic acids is 1. The molecule has 0 aliphatic carbocycles. The van der Waals surface area contributed by atoms with Gasteiger partial charge in [0.15, 0.2) is 0 Å². The van der Waals surface area contributed by atoms with Gasteiger partial charge in [0, 0.05) is 11.6 Å². The van der Waals surface area contributed by atoms with Crippen molar-refractivity contribution in [1.82, 2.24) is 0 Å². The molecule has 0 heterocycles. The average Bonchev–Trinajstić information content (AvgIpc) is 2.64. The van der Waals surface area contributed by atoms with Gasteiger partial charge < -0.3 is 4.74 Å². The summed E-state index contributed by atoms with van der Waals surface area (Å²) in [6, 6.07) is 14.2. The maximum Gasteiger partial charge on any atom is 0.330 e. The van der Waals surface area contributed by atoms with Gasteiger partial charge in [-0.25, -0.2) is 4.79 Å². The molecule has 134 valence electrons. The Morgan fingerprint density at radius 1 is 0.923 bits per heavy atom. The van der Waals surface area contributed by atoms with Crippen molar-refractivity contribution in [3.8, 4) is 0 Å². The summed E-state index contributed by atoms with van der Waals surface area (Å²) in [7, 11) is 1.36. The van der Waals surface area contributed by atoms with E-state index in [0.717, 1.165) is 33.7 Å². The van der Waals surface area contributed by atoms with Crippen LogP contribution in [0.2, 0.25) is 0 Å². The van der Waals surface area contributed by atoms with Crippen LogP contribution in [0.15, 0.2) is 58.7 Å². The van der Waals surface area contributed by atoms with Crippen LogP contribution in [-0.4, -0.2) is 24.5 Å². The van der Waals surface area contributed by atoms with Crippen molar-refractivity contribution >= 4 is 23.5 Å². The van der Waals surface area contributed by atoms with Crippen molar-refractivity contribution < 1.29 is 9.53 Å². The Labute approximate surface area is 154 Å². The van der Waals surface area contributed by atoms with Crippen LogP contribution in [0, 0.1) is 13.8 Å². The molecule has 0 bridgehead atoms. The van der Waals surface area contributed by atoms with Crippen molar-refractivity contribution in [3.05, 3.63) is 76.4 Å². The van der Waals surface area contributed by atoms with Crippen LogP contribution in [0.3, 0.4) is 0 Å². The molecule has 0 aliphatic heterocycles. The van der Waals surface area contributed by atoms with Gasteiger partial charge in [-0.2, -0.15) is 10.2 Å². The third-order valence-corrected chi connectivity index (χ3v) is 4.02. The zero-order valence-electron chi connectivity index (χ0n) is 15.9. The molecule has 2 rings (SSSR count). The third-order valence-electron chi connectivity index (χ3n) is 4.02. The summed E-state index contributed by atoms with van der Waals surface area (Å²) in [6.45, 7) is 7.91. The van der Waals surface area contributed by atoms with Gasteiger partial charge in [0.25, 0.3) is 0 Å². The van der Waals surface area contributed by atoms with Crippen LogP contribution in [0.4, 0.5) is 0 Å². The first-order valence-electron chi connectivity index (χ1n) is 8.43. The highest BCUT2D eigenvalue weighted by molar-refractivity contribution is 6.04. The molecule has 0 aliphatic rings. The molecule has 0 amide bonds. The molecule has 4 nitrogen and oxygen atoms in total. The number of hydrogen-bond donors (Lipinski definition) is 0. The molecule has 0 saturated carbocycles. The maximum absolute atomic E-state index is 11.4. The lowest BCUT2D eigenvalue weighted by molar-refractivity contribution is -0.134. The van der Waals surface area contributed by atoms with Crippen LogP contribution in [0.25, 0.3) is 6.08 Å². The topological polar surface area (TPSA) is 51.0 Å². The fourth-order valence-corrected chi connectivity index (χ4v) is 2.43. The van der Waals surface area contributed by atoms with Crippen LogP contribution in [0.5, 0.6) is 0 Å². The summed E-state index contributed by atoms with van der Waals surface area (Å²) in [5, 5.41) is 8.75. The number of hydrogen-bond acceptors (Lipinski definition) is 4. The number of nitrogens with zero attached hydrogens (tertiary/aromatic N) is 2. The van der Waals surface area contributed by atoms with Gasteiger partial charge in [-0.15, -0.1) is 0 Å². The molecule has 0 fully saturated rings. The second-order valence-corrected chi connectivity index (χ2v) is 6.18. The van der Waals surface area contributed by atoms with Crippen molar-refractivity contribution in [3.63, 3.8) is 0 Å². The fourth-order valence-electron chi connectivity index (χ4n) is 2.43. The zero-order valence-corrected chi connectivity index (χ0v) is 15.9. The molecule has 0 atom stereocenters. The minimum absolute atomic E-state index is 0.389. The van der Waals surface area contributed by atoms with Crippen molar-refractivity contribution in [2.45, 2.75) is 27.7 Å². The maximum atomic E-state index is 11.4. The van der Waals surface area contributed by atoms with Crippen molar-refractivity contribution in [2.75, 3.05) is 7.11 Å². The number of rotatable bonds is 5. The van der Waals surface area contributed by atoms with E-state index in [2.05, 4.69) is 34.0 Å². The van der Waals surface area contributed by atoms with E-state index in [0.29, 0.717) is 0 Å². The molecule has 4 heteroatoms. The number of ether oxygens (including phenoxy) is 1. The highest BCUT2D eigenvalue weighted by Gasteiger charge is 2.05. The van der Waals surface area contributed by atoms with E-state index in [1.807, 2.05) is 51.1 Å². The second-order valence-electron chi connectivity index (χ2n) is 6.18. The normalized spacial score (nSPS) is 12.5. The van der Waals surface area contributed by atoms with E-state index in [9.17, 15) is 4.79 Å². The van der Waals surface area contributed by atoms with E-state index in [1.54, 1.807) is 6.08 Å². The summed E-state index contributed by atoms with van der Waals surface area (Å²) in [5.74, 6) is -0.389. The van der Waals surface area contributed by atoms with Gasteiger partial charge in [0.1, 0.15) is 0 Å². The summed E-state index contributed by atoms with van der Waals surface area (Å²) < 4.78 is 4.66. The Morgan fingerprint density at radius 2 is 1.54 bits per heavy atom. The predicted molar refractivity (Wildman–Crippen MR) is 108 cm³/mol. The lowest BCUT2D eigenvalue weighted by atomic mass is 10.0. The molecule has 0 aromatic heterocycles. The predicted octanol–water partition coefficient (Wildman–Crippen LogP) is 4.72. The minimum Gasteiger partial charge on any atom is -0.466 e. The lowest BCUT2D eigenvalue weighted by Crippen LogP contribution is -2.00. The van der Waals surface area contributed by atoms with Gasteiger partial charge in [0.2, 0.25) is 0 Å². The third kappa shape index (κ3) is 5.24. The molecule has 0 unspecified atom stereocenters. The largest absolute Gasteiger partial charge is 0.466 e. The molecule has 0 radical (unpaired) electrons.